The van der Waals surface area contributed by atoms with Crippen molar-refractivity contribution in [2.45, 2.75) is 6.92 Å². The summed E-state index contributed by atoms with van der Waals surface area (Å²) in [6.07, 6.45) is 0. The summed E-state index contributed by atoms with van der Waals surface area (Å²) in [6.45, 7) is 9.24. The second-order valence-electron chi connectivity index (χ2n) is 3.18. The molecule has 0 heterocycles. The summed E-state index contributed by atoms with van der Waals surface area (Å²) in [6, 6.07) is 10.1. The largest absolute Gasteiger partial charge is 0.236 e. The van der Waals surface area contributed by atoms with Crippen molar-refractivity contribution < 1.29 is 0 Å². The van der Waals surface area contributed by atoms with E-state index < -0.39 is 0 Å². The second-order valence-corrected chi connectivity index (χ2v) is 4.34. The Kier molecular flexibility index (Phi) is 2.42. The number of rotatable bonds is 0. The third-order valence-corrected chi connectivity index (χ3v) is 3.11. The molecule has 0 radical (unpaired) electrons. The maximum absolute atomic E-state index is 7.16. The Morgan fingerprint density at radius 1 is 1.21 bits per heavy atom. The van der Waals surface area contributed by atoms with Crippen LogP contribution in [-0.4, -0.2) is 0 Å². The monoisotopic (exact) mass is 293 g/mol. The van der Waals surface area contributed by atoms with Gasteiger partial charge in [0.2, 0.25) is 5.69 Å². The molecule has 0 spiro atoms. The van der Waals surface area contributed by atoms with E-state index in [1.807, 2.05) is 18.2 Å². The van der Waals surface area contributed by atoms with Gasteiger partial charge in [-0.25, -0.2) is 4.85 Å². The summed E-state index contributed by atoms with van der Waals surface area (Å²) in [7, 11) is 0. The molecular formula is C12H8IN. The number of benzene rings is 2. The van der Waals surface area contributed by atoms with E-state index in [1.165, 1.54) is 10.9 Å². The predicted molar refractivity (Wildman–Crippen MR) is 67.7 cm³/mol. The SMILES string of the molecule is [C-]#[N+]c1c(I)cc(C)c2ccccc12. The van der Waals surface area contributed by atoms with Crippen LogP contribution < -0.4 is 0 Å². The fourth-order valence-electron chi connectivity index (χ4n) is 1.61. The van der Waals surface area contributed by atoms with E-state index in [0.29, 0.717) is 0 Å². The Bertz CT molecular complexity index is 538. The highest BCUT2D eigenvalue weighted by Gasteiger charge is 2.06. The molecule has 1 nitrogen and oxygen atoms in total. The van der Waals surface area contributed by atoms with Crippen molar-refractivity contribution in [2.75, 3.05) is 0 Å². The average molecular weight is 293 g/mol. The summed E-state index contributed by atoms with van der Waals surface area (Å²) >= 11 is 2.22. The molecular weight excluding hydrogens is 285 g/mol. The van der Waals surface area contributed by atoms with Crippen LogP contribution in [0.2, 0.25) is 0 Å². The number of nitrogens with zero attached hydrogens (tertiary/aromatic N) is 1. The van der Waals surface area contributed by atoms with E-state index >= 15 is 0 Å². The average Bonchev–Trinajstić information content (AvgIpc) is 2.18. The first-order valence-electron chi connectivity index (χ1n) is 4.29. The molecule has 0 unspecified atom stereocenters. The lowest BCUT2D eigenvalue weighted by Crippen LogP contribution is -1.81. The highest BCUT2D eigenvalue weighted by atomic mass is 127. The van der Waals surface area contributed by atoms with Gasteiger partial charge in [0, 0.05) is 3.57 Å². The van der Waals surface area contributed by atoms with Gasteiger partial charge in [0.1, 0.15) is 0 Å². The van der Waals surface area contributed by atoms with Crippen molar-refractivity contribution >= 4 is 39.1 Å². The summed E-state index contributed by atoms with van der Waals surface area (Å²) in [5.74, 6) is 0. The number of hydrogen-bond acceptors (Lipinski definition) is 0. The minimum Gasteiger partial charge on any atom is -0.236 e. The van der Waals surface area contributed by atoms with Gasteiger partial charge in [-0.15, -0.1) is 0 Å². The van der Waals surface area contributed by atoms with Gasteiger partial charge in [-0.2, -0.15) is 0 Å². The van der Waals surface area contributed by atoms with Crippen LogP contribution in [0, 0.1) is 17.1 Å². The molecule has 0 aliphatic carbocycles. The summed E-state index contributed by atoms with van der Waals surface area (Å²) in [5, 5.41) is 2.24. The normalized spacial score (nSPS) is 10.1. The van der Waals surface area contributed by atoms with Gasteiger partial charge in [-0.3, -0.25) is 0 Å². The van der Waals surface area contributed by atoms with Crippen LogP contribution in [-0.2, 0) is 0 Å². The molecule has 2 rings (SSSR count). The third kappa shape index (κ3) is 1.38. The van der Waals surface area contributed by atoms with Crippen molar-refractivity contribution in [1.82, 2.24) is 0 Å². The summed E-state index contributed by atoms with van der Waals surface area (Å²) in [4.78, 5) is 3.58. The molecule has 0 aromatic heterocycles. The Hall–Kier alpha value is -1.08. The summed E-state index contributed by atoms with van der Waals surface area (Å²) in [5.41, 5.74) is 2.00. The van der Waals surface area contributed by atoms with Crippen molar-refractivity contribution in [3.8, 4) is 0 Å². The zero-order valence-corrected chi connectivity index (χ0v) is 9.87. The maximum Gasteiger partial charge on any atom is 0.207 e. The summed E-state index contributed by atoms with van der Waals surface area (Å²) < 4.78 is 1.04. The first kappa shape index (κ1) is 9.47. The van der Waals surface area contributed by atoms with E-state index in [1.54, 1.807) is 0 Å². The van der Waals surface area contributed by atoms with Gasteiger partial charge < -0.3 is 0 Å². The molecule has 2 aromatic rings. The molecule has 0 amide bonds. The molecule has 0 fully saturated rings. The van der Waals surface area contributed by atoms with E-state index in [4.69, 9.17) is 6.57 Å². The standard InChI is InChI=1S/C12H8IN/c1-8-7-11(13)12(14-2)10-6-4-3-5-9(8)10/h3-7H,1H3. The van der Waals surface area contributed by atoms with Gasteiger partial charge >= 0.3 is 0 Å². The molecule has 0 saturated carbocycles. The van der Waals surface area contributed by atoms with E-state index in [2.05, 4.69) is 46.5 Å². The number of aryl methyl sites for hydroxylation is 1. The molecule has 0 atom stereocenters. The topological polar surface area (TPSA) is 4.36 Å². The van der Waals surface area contributed by atoms with Crippen LogP contribution in [0.1, 0.15) is 5.56 Å². The fraction of sp³-hybridized carbons (Fsp3) is 0.0833. The van der Waals surface area contributed by atoms with Gasteiger partial charge in [0.15, 0.2) is 0 Å². The molecule has 0 aliphatic rings. The zero-order valence-electron chi connectivity index (χ0n) is 7.71. The van der Waals surface area contributed by atoms with Crippen molar-refractivity contribution in [2.24, 2.45) is 0 Å². The van der Waals surface area contributed by atoms with Crippen LogP contribution in [0.5, 0.6) is 0 Å². The quantitative estimate of drug-likeness (QED) is 0.504. The van der Waals surface area contributed by atoms with Gasteiger partial charge in [0.25, 0.3) is 0 Å². The number of halogens is 1. The fourth-order valence-corrected chi connectivity index (χ4v) is 2.49. The highest BCUT2D eigenvalue weighted by Crippen LogP contribution is 2.33. The minimum atomic E-state index is 0.770. The minimum absolute atomic E-state index is 0.770. The zero-order chi connectivity index (χ0) is 10.1. The molecule has 0 N–H and O–H groups in total. The maximum atomic E-state index is 7.16. The predicted octanol–water partition coefficient (Wildman–Crippen LogP) is 4.30. The third-order valence-electron chi connectivity index (χ3n) is 2.29. The first-order valence-corrected chi connectivity index (χ1v) is 5.37. The Labute approximate surface area is 96.7 Å². The van der Waals surface area contributed by atoms with Crippen LogP contribution in [0.3, 0.4) is 0 Å². The van der Waals surface area contributed by atoms with Crippen LogP contribution in [0.4, 0.5) is 5.69 Å². The van der Waals surface area contributed by atoms with Gasteiger partial charge in [0.05, 0.1) is 6.57 Å². The molecule has 68 valence electrons. The van der Waals surface area contributed by atoms with Crippen LogP contribution in [0.25, 0.3) is 15.6 Å². The number of fused-ring (bicyclic) bond motifs is 1. The lowest BCUT2D eigenvalue weighted by molar-refractivity contribution is 1.51. The lowest BCUT2D eigenvalue weighted by atomic mass is 10.0. The Morgan fingerprint density at radius 2 is 1.86 bits per heavy atom. The van der Waals surface area contributed by atoms with Crippen molar-refractivity contribution in [1.29, 1.82) is 0 Å². The molecule has 0 bridgehead atoms. The van der Waals surface area contributed by atoms with Crippen molar-refractivity contribution in [3.05, 3.63) is 50.9 Å². The molecule has 0 aliphatic heterocycles. The van der Waals surface area contributed by atoms with Gasteiger partial charge in [-0.1, -0.05) is 52.9 Å². The molecule has 2 aromatic carbocycles. The van der Waals surface area contributed by atoms with Crippen LogP contribution in [0.15, 0.2) is 30.3 Å². The highest BCUT2D eigenvalue weighted by molar-refractivity contribution is 14.1. The molecule has 0 saturated heterocycles. The molecule has 14 heavy (non-hydrogen) atoms. The molecule has 2 heteroatoms. The second kappa shape index (κ2) is 3.58. The van der Waals surface area contributed by atoms with Crippen molar-refractivity contribution in [3.63, 3.8) is 0 Å². The number of hydrogen-bond donors (Lipinski definition) is 0. The lowest BCUT2D eigenvalue weighted by Gasteiger charge is -2.05. The Morgan fingerprint density at radius 3 is 2.50 bits per heavy atom. The van der Waals surface area contributed by atoms with E-state index in [-0.39, 0.29) is 0 Å². The smallest absolute Gasteiger partial charge is 0.207 e. The van der Waals surface area contributed by atoms with E-state index in [0.717, 1.165) is 14.6 Å². The van der Waals surface area contributed by atoms with Crippen LogP contribution >= 0.6 is 22.6 Å². The van der Waals surface area contributed by atoms with Gasteiger partial charge in [-0.05, 0) is 23.3 Å². The van der Waals surface area contributed by atoms with E-state index in [9.17, 15) is 0 Å². The Balaban J connectivity index is 3.00. The first-order chi connectivity index (χ1) is 6.74.